The zero-order valence-corrected chi connectivity index (χ0v) is 12.1. The van der Waals surface area contributed by atoms with E-state index in [0.717, 1.165) is 27.4 Å². The topological polar surface area (TPSA) is 20.7 Å². The molecule has 0 saturated carbocycles. The molecule has 0 bridgehead atoms. The molecule has 2 nitrogen and oxygen atoms in total. The van der Waals surface area contributed by atoms with E-state index < -0.39 is 0 Å². The van der Waals surface area contributed by atoms with Gasteiger partial charge in [-0.15, -0.1) is 11.3 Å². The van der Waals surface area contributed by atoms with E-state index in [1.807, 2.05) is 18.2 Å². The summed E-state index contributed by atoms with van der Waals surface area (Å²) in [4.78, 5) is 5.82. The first-order valence-corrected chi connectivity index (χ1v) is 7.17. The van der Waals surface area contributed by atoms with Crippen molar-refractivity contribution >= 4 is 46.2 Å². The first-order chi connectivity index (χ1) is 8.63. The molecule has 2 heterocycles. The van der Waals surface area contributed by atoms with Crippen LogP contribution >= 0.6 is 35.2 Å². The van der Waals surface area contributed by atoms with Gasteiger partial charge in [0.2, 0.25) is 0 Å². The van der Waals surface area contributed by atoms with Crippen LogP contribution < -0.4 is 0 Å². The fourth-order valence-electron chi connectivity index (χ4n) is 2.01. The van der Waals surface area contributed by atoms with Crippen molar-refractivity contribution in [3.8, 4) is 0 Å². The van der Waals surface area contributed by atoms with E-state index in [1.165, 1.54) is 9.75 Å². The summed E-state index contributed by atoms with van der Waals surface area (Å²) in [5.41, 5.74) is 2.08. The first kappa shape index (κ1) is 12.0. The van der Waals surface area contributed by atoms with E-state index in [-0.39, 0.29) is 0 Å². The Morgan fingerprint density at radius 3 is 2.89 bits per heavy atom. The van der Waals surface area contributed by atoms with Crippen molar-refractivity contribution in [2.45, 2.75) is 13.5 Å². The van der Waals surface area contributed by atoms with Crippen molar-refractivity contribution in [1.29, 1.82) is 0 Å². The van der Waals surface area contributed by atoms with E-state index in [2.05, 4.69) is 28.6 Å². The summed E-state index contributed by atoms with van der Waals surface area (Å²) in [6, 6.07) is 10.1. The van der Waals surface area contributed by atoms with Crippen molar-refractivity contribution in [3.05, 3.63) is 49.9 Å². The third-order valence-electron chi connectivity index (χ3n) is 2.85. The van der Waals surface area contributed by atoms with Gasteiger partial charge in [-0.25, -0.2) is 0 Å². The van der Waals surface area contributed by atoms with Crippen LogP contribution in [-0.4, -0.2) is 9.55 Å². The minimum Gasteiger partial charge on any atom is -0.331 e. The molecule has 3 rings (SSSR count). The Hall–Kier alpha value is -1.10. The average Bonchev–Trinajstić information content (AvgIpc) is 2.86. The van der Waals surface area contributed by atoms with Gasteiger partial charge in [-0.3, -0.25) is 0 Å². The number of H-pyrrole nitrogens is 1. The third-order valence-corrected chi connectivity index (χ3v) is 4.39. The van der Waals surface area contributed by atoms with E-state index in [1.54, 1.807) is 11.3 Å². The zero-order chi connectivity index (χ0) is 12.7. The number of benzene rings is 1. The van der Waals surface area contributed by atoms with Crippen molar-refractivity contribution in [3.63, 3.8) is 0 Å². The monoisotopic (exact) mass is 294 g/mol. The molecule has 2 aromatic heterocycles. The van der Waals surface area contributed by atoms with Gasteiger partial charge >= 0.3 is 0 Å². The van der Waals surface area contributed by atoms with Gasteiger partial charge in [-0.1, -0.05) is 11.6 Å². The molecule has 5 heteroatoms. The van der Waals surface area contributed by atoms with E-state index in [9.17, 15) is 0 Å². The minimum absolute atomic E-state index is 0.729. The highest BCUT2D eigenvalue weighted by atomic mass is 35.5. The van der Waals surface area contributed by atoms with Crippen LogP contribution in [0.25, 0.3) is 11.0 Å². The van der Waals surface area contributed by atoms with Gasteiger partial charge in [0.15, 0.2) is 4.77 Å². The minimum atomic E-state index is 0.729. The SMILES string of the molecule is Cc1ccc(Cn2c(=S)[nH]c3ccc(Cl)cc32)s1. The summed E-state index contributed by atoms with van der Waals surface area (Å²) < 4.78 is 2.82. The molecule has 0 atom stereocenters. The lowest BCUT2D eigenvalue weighted by molar-refractivity contribution is 0.823. The van der Waals surface area contributed by atoms with Gasteiger partial charge in [-0.2, -0.15) is 0 Å². The molecule has 0 amide bonds. The molecule has 18 heavy (non-hydrogen) atoms. The van der Waals surface area contributed by atoms with Crippen molar-refractivity contribution in [2.75, 3.05) is 0 Å². The van der Waals surface area contributed by atoms with Gasteiger partial charge < -0.3 is 9.55 Å². The molecular weight excluding hydrogens is 284 g/mol. The maximum atomic E-state index is 6.05. The quantitative estimate of drug-likeness (QED) is 0.675. The van der Waals surface area contributed by atoms with Crippen LogP contribution in [0.3, 0.4) is 0 Å². The fourth-order valence-corrected chi connectivity index (χ4v) is 3.33. The second-order valence-electron chi connectivity index (χ2n) is 4.19. The third kappa shape index (κ3) is 2.11. The highest BCUT2D eigenvalue weighted by molar-refractivity contribution is 7.71. The van der Waals surface area contributed by atoms with Crippen LogP contribution in [0.15, 0.2) is 30.3 Å². The first-order valence-electron chi connectivity index (χ1n) is 5.57. The number of thiophene rings is 1. The van der Waals surface area contributed by atoms with Crippen LogP contribution in [0.4, 0.5) is 0 Å². The van der Waals surface area contributed by atoms with Gasteiger partial charge in [0.25, 0.3) is 0 Å². The standard InChI is InChI=1S/C13H11ClN2S2/c1-8-2-4-10(18-8)7-16-12-6-9(14)3-5-11(12)15-13(16)17/h2-6H,7H2,1H3,(H,15,17). The Bertz CT molecular complexity index is 767. The molecule has 1 N–H and O–H groups in total. The lowest BCUT2D eigenvalue weighted by atomic mass is 10.3. The van der Waals surface area contributed by atoms with Crippen LogP contribution in [-0.2, 0) is 6.54 Å². The normalized spacial score (nSPS) is 11.2. The molecule has 92 valence electrons. The Labute approximate surface area is 119 Å². The number of nitrogens with zero attached hydrogens (tertiary/aromatic N) is 1. The number of nitrogens with one attached hydrogen (secondary N) is 1. The summed E-state index contributed by atoms with van der Waals surface area (Å²) in [5.74, 6) is 0. The molecular formula is C13H11ClN2S2. The lowest BCUT2D eigenvalue weighted by Crippen LogP contribution is -1.97. The number of aromatic nitrogens is 2. The van der Waals surface area contributed by atoms with Gasteiger partial charge in [0.1, 0.15) is 0 Å². The van der Waals surface area contributed by atoms with Crippen LogP contribution in [0.5, 0.6) is 0 Å². The highest BCUT2D eigenvalue weighted by Crippen LogP contribution is 2.22. The molecule has 0 aliphatic heterocycles. The molecule has 0 unspecified atom stereocenters. The summed E-state index contributed by atoms with van der Waals surface area (Å²) >= 11 is 13.2. The Kier molecular flexibility index (Phi) is 3.01. The Balaban J connectivity index is 2.13. The van der Waals surface area contributed by atoms with Crippen molar-refractivity contribution in [2.24, 2.45) is 0 Å². The number of aryl methyl sites for hydroxylation is 1. The number of halogens is 1. The predicted octanol–water partition coefficient (Wildman–Crippen LogP) is 4.77. The molecule has 0 fully saturated rings. The van der Waals surface area contributed by atoms with E-state index in [0.29, 0.717) is 0 Å². The number of aromatic amines is 1. The number of hydrogen-bond acceptors (Lipinski definition) is 2. The average molecular weight is 295 g/mol. The van der Waals surface area contributed by atoms with Crippen LogP contribution in [0, 0.1) is 11.7 Å². The number of hydrogen-bond donors (Lipinski definition) is 1. The van der Waals surface area contributed by atoms with E-state index >= 15 is 0 Å². The van der Waals surface area contributed by atoms with Crippen LogP contribution in [0.2, 0.25) is 5.02 Å². The summed E-state index contributed by atoms with van der Waals surface area (Å²) in [7, 11) is 0. The number of imidazole rings is 1. The maximum absolute atomic E-state index is 6.05. The van der Waals surface area contributed by atoms with E-state index in [4.69, 9.17) is 23.8 Å². The molecule has 0 aliphatic carbocycles. The van der Waals surface area contributed by atoms with Crippen molar-refractivity contribution in [1.82, 2.24) is 9.55 Å². The molecule has 3 aromatic rings. The van der Waals surface area contributed by atoms with Gasteiger partial charge in [0.05, 0.1) is 17.6 Å². The predicted molar refractivity (Wildman–Crippen MR) is 80.3 cm³/mol. The van der Waals surface area contributed by atoms with Gasteiger partial charge in [0, 0.05) is 14.8 Å². The summed E-state index contributed by atoms with van der Waals surface area (Å²) in [5, 5.41) is 0.729. The Morgan fingerprint density at radius 1 is 1.33 bits per heavy atom. The second kappa shape index (κ2) is 4.53. The summed E-state index contributed by atoms with van der Waals surface area (Å²) in [6.07, 6.45) is 0. The molecule has 0 aliphatic rings. The highest BCUT2D eigenvalue weighted by Gasteiger charge is 2.06. The number of fused-ring (bicyclic) bond motifs is 1. The zero-order valence-electron chi connectivity index (χ0n) is 9.74. The molecule has 0 radical (unpaired) electrons. The largest absolute Gasteiger partial charge is 0.331 e. The summed E-state index contributed by atoms with van der Waals surface area (Å²) in [6.45, 7) is 2.90. The fraction of sp³-hybridized carbons (Fsp3) is 0.154. The smallest absolute Gasteiger partial charge is 0.178 e. The number of rotatable bonds is 2. The Morgan fingerprint density at radius 2 is 2.17 bits per heavy atom. The second-order valence-corrected chi connectivity index (χ2v) is 6.39. The van der Waals surface area contributed by atoms with Crippen molar-refractivity contribution < 1.29 is 0 Å². The molecule has 0 spiro atoms. The lowest BCUT2D eigenvalue weighted by Gasteiger charge is -2.02. The van der Waals surface area contributed by atoms with Gasteiger partial charge in [-0.05, 0) is 49.5 Å². The maximum Gasteiger partial charge on any atom is 0.178 e. The van der Waals surface area contributed by atoms with Crippen LogP contribution in [0.1, 0.15) is 9.75 Å². The molecule has 1 aromatic carbocycles. The molecule has 0 saturated heterocycles.